The predicted octanol–water partition coefficient (Wildman–Crippen LogP) is 5.27. The van der Waals surface area contributed by atoms with Crippen molar-refractivity contribution in [2.45, 2.75) is 38.5 Å². The highest BCUT2D eigenvalue weighted by Gasteiger charge is 2.28. The first-order chi connectivity index (χ1) is 15.6. The predicted molar refractivity (Wildman–Crippen MR) is 133 cm³/mol. The van der Waals surface area contributed by atoms with Gasteiger partial charge in [-0.05, 0) is 55.2 Å². The summed E-state index contributed by atoms with van der Waals surface area (Å²) in [6, 6.07) is 19.1. The molecule has 0 unspecified atom stereocenters. The molecule has 0 saturated carbocycles. The fraction of sp³-hybridized carbons (Fsp3) is 0.269. The van der Waals surface area contributed by atoms with Crippen molar-refractivity contribution in [2.75, 3.05) is 23.3 Å². The fourth-order valence-corrected chi connectivity index (χ4v) is 4.98. The zero-order valence-corrected chi connectivity index (χ0v) is 20.4. The van der Waals surface area contributed by atoms with Crippen LogP contribution in [0.2, 0.25) is 0 Å². The SMILES string of the molecule is COc1cccc(N(CC(=O)Nc2c(C)cccc2C(C)C)S(=O)(=O)c2ccc(C)cc2)c1. The molecule has 3 rings (SSSR count). The van der Waals surface area contributed by atoms with Crippen LogP contribution in [0.15, 0.2) is 71.6 Å². The van der Waals surface area contributed by atoms with Crippen LogP contribution in [0.3, 0.4) is 0 Å². The van der Waals surface area contributed by atoms with Gasteiger partial charge in [-0.2, -0.15) is 0 Å². The second-order valence-corrected chi connectivity index (χ2v) is 10.1. The van der Waals surface area contributed by atoms with Crippen molar-refractivity contribution in [3.05, 3.63) is 83.4 Å². The van der Waals surface area contributed by atoms with Crippen LogP contribution in [0, 0.1) is 13.8 Å². The maximum atomic E-state index is 13.6. The molecule has 0 bridgehead atoms. The van der Waals surface area contributed by atoms with E-state index in [-0.39, 0.29) is 17.4 Å². The highest BCUT2D eigenvalue weighted by Crippen LogP contribution is 2.29. The van der Waals surface area contributed by atoms with Crippen LogP contribution in [-0.2, 0) is 14.8 Å². The Kier molecular flexibility index (Phi) is 7.43. The average molecular weight is 467 g/mol. The average Bonchev–Trinajstić information content (AvgIpc) is 2.79. The van der Waals surface area contributed by atoms with Gasteiger partial charge < -0.3 is 10.1 Å². The van der Waals surface area contributed by atoms with E-state index in [4.69, 9.17) is 4.74 Å². The highest BCUT2D eigenvalue weighted by molar-refractivity contribution is 7.92. The van der Waals surface area contributed by atoms with Crippen LogP contribution in [-0.4, -0.2) is 28.0 Å². The Balaban J connectivity index is 2.00. The Bertz CT molecular complexity index is 1240. The van der Waals surface area contributed by atoms with E-state index >= 15 is 0 Å². The molecule has 0 aliphatic rings. The lowest BCUT2D eigenvalue weighted by Crippen LogP contribution is -2.38. The largest absolute Gasteiger partial charge is 0.497 e. The van der Waals surface area contributed by atoms with Gasteiger partial charge in [-0.3, -0.25) is 9.10 Å². The Labute approximate surface area is 196 Å². The number of hydrogen-bond donors (Lipinski definition) is 1. The first kappa shape index (κ1) is 24.3. The number of nitrogens with zero attached hydrogens (tertiary/aromatic N) is 1. The summed E-state index contributed by atoms with van der Waals surface area (Å²) in [5, 5.41) is 2.95. The van der Waals surface area contributed by atoms with E-state index in [1.807, 2.05) is 32.0 Å². The topological polar surface area (TPSA) is 75.7 Å². The second-order valence-electron chi connectivity index (χ2n) is 8.27. The summed E-state index contributed by atoms with van der Waals surface area (Å²) in [7, 11) is -2.49. The molecule has 0 fully saturated rings. The van der Waals surface area contributed by atoms with Crippen molar-refractivity contribution in [2.24, 2.45) is 0 Å². The van der Waals surface area contributed by atoms with E-state index in [9.17, 15) is 13.2 Å². The number of carbonyl (C=O) groups excluding carboxylic acids is 1. The van der Waals surface area contributed by atoms with Gasteiger partial charge >= 0.3 is 0 Å². The summed E-state index contributed by atoms with van der Waals surface area (Å²) in [4.78, 5) is 13.3. The molecule has 6 nitrogen and oxygen atoms in total. The lowest BCUT2D eigenvalue weighted by molar-refractivity contribution is -0.114. The van der Waals surface area contributed by atoms with E-state index in [1.54, 1.807) is 48.5 Å². The second kappa shape index (κ2) is 10.1. The van der Waals surface area contributed by atoms with Crippen LogP contribution in [0.5, 0.6) is 5.75 Å². The maximum Gasteiger partial charge on any atom is 0.264 e. The lowest BCUT2D eigenvalue weighted by Gasteiger charge is -2.25. The molecule has 1 N–H and O–H groups in total. The van der Waals surface area contributed by atoms with Crippen LogP contribution < -0.4 is 14.4 Å². The number of carbonyl (C=O) groups is 1. The Morgan fingerprint density at radius 1 is 1.00 bits per heavy atom. The summed E-state index contributed by atoms with van der Waals surface area (Å²) in [5.41, 5.74) is 3.93. The smallest absolute Gasteiger partial charge is 0.264 e. The first-order valence-electron chi connectivity index (χ1n) is 10.8. The number of benzene rings is 3. The number of hydrogen-bond acceptors (Lipinski definition) is 4. The van der Waals surface area contributed by atoms with Gasteiger partial charge in [0.05, 0.1) is 17.7 Å². The summed E-state index contributed by atoms with van der Waals surface area (Å²) in [6.07, 6.45) is 0. The normalized spacial score (nSPS) is 11.3. The molecule has 3 aromatic rings. The van der Waals surface area contributed by atoms with Crippen molar-refractivity contribution in [1.29, 1.82) is 0 Å². The standard InChI is InChI=1S/C26H30N2O4S/c1-18(2)24-11-6-8-20(4)26(24)27-25(29)17-28(21-9-7-10-22(16-21)32-5)33(30,31)23-14-12-19(3)13-15-23/h6-16,18H,17H2,1-5H3,(H,27,29). The lowest BCUT2D eigenvalue weighted by atomic mass is 9.98. The molecule has 0 aromatic heterocycles. The molecule has 0 atom stereocenters. The molecule has 0 heterocycles. The van der Waals surface area contributed by atoms with Gasteiger partial charge in [0, 0.05) is 11.8 Å². The van der Waals surface area contributed by atoms with Crippen molar-refractivity contribution < 1.29 is 17.9 Å². The van der Waals surface area contributed by atoms with E-state index in [0.29, 0.717) is 11.4 Å². The number of anilines is 2. The quantitative estimate of drug-likeness (QED) is 0.491. The minimum Gasteiger partial charge on any atom is -0.497 e. The molecule has 1 amide bonds. The minimum absolute atomic E-state index is 0.113. The van der Waals surface area contributed by atoms with E-state index < -0.39 is 15.9 Å². The summed E-state index contributed by atoms with van der Waals surface area (Å²) < 4.78 is 33.5. The number of ether oxygens (including phenoxy) is 1. The zero-order chi connectivity index (χ0) is 24.2. The minimum atomic E-state index is -4.00. The maximum absolute atomic E-state index is 13.6. The molecule has 0 saturated heterocycles. The van der Waals surface area contributed by atoms with Crippen LogP contribution in [0.1, 0.15) is 36.5 Å². The number of sulfonamides is 1. The van der Waals surface area contributed by atoms with Gasteiger partial charge in [0.15, 0.2) is 0 Å². The van der Waals surface area contributed by atoms with Gasteiger partial charge in [-0.25, -0.2) is 8.42 Å². The van der Waals surface area contributed by atoms with Crippen LogP contribution in [0.4, 0.5) is 11.4 Å². The van der Waals surface area contributed by atoms with Crippen molar-refractivity contribution in [1.82, 2.24) is 0 Å². The van der Waals surface area contributed by atoms with Gasteiger partial charge in [-0.15, -0.1) is 0 Å². The van der Waals surface area contributed by atoms with Crippen molar-refractivity contribution in [3.8, 4) is 5.75 Å². The third-order valence-electron chi connectivity index (χ3n) is 5.43. The number of para-hydroxylation sites is 1. The molecule has 174 valence electrons. The zero-order valence-electron chi connectivity index (χ0n) is 19.6. The molecule has 33 heavy (non-hydrogen) atoms. The monoisotopic (exact) mass is 466 g/mol. The molecule has 7 heteroatoms. The number of methoxy groups -OCH3 is 1. The summed E-state index contributed by atoms with van der Waals surface area (Å²) >= 11 is 0. The molecule has 0 aliphatic heterocycles. The number of rotatable bonds is 8. The van der Waals surface area contributed by atoms with E-state index in [0.717, 1.165) is 26.7 Å². The molecule has 0 aliphatic carbocycles. The molecular weight excluding hydrogens is 436 g/mol. The number of nitrogens with one attached hydrogen (secondary N) is 1. The van der Waals surface area contributed by atoms with E-state index in [2.05, 4.69) is 19.2 Å². The van der Waals surface area contributed by atoms with Gasteiger partial charge in [0.1, 0.15) is 12.3 Å². The number of amides is 1. The van der Waals surface area contributed by atoms with E-state index in [1.165, 1.54) is 7.11 Å². The first-order valence-corrected chi connectivity index (χ1v) is 12.2. The van der Waals surface area contributed by atoms with Gasteiger partial charge in [0.2, 0.25) is 5.91 Å². The van der Waals surface area contributed by atoms with Crippen LogP contribution >= 0.6 is 0 Å². The Morgan fingerprint density at radius 3 is 2.30 bits per heavy atom. The third-order valence-corrected chi connectivity index (χ3v) is 7.22. The van der Waals surface area contributed by atoms with Crippen molar-refractivity contribution >= 4 is 27.3 Å². The molecule has 3 aromatic carbocycles. The molecule has 0 spiro atoms. The van der Waals surface area contributed by atoms with Crippen molar-refractivity contribution in [3.63, 3.8) is 0 Å². The number of aryl methyl sites for hydroxylation is 2. The van der Waals surface area contributed by atoms with Gasteiger partial charge in [-0.1, -0.05) is 55.8 Å². The molecular formula is C26H30N2O4S. The third kappa shape index (κ3) is 5.54. The molecule has 0 radical (unpaired) electrons. The van der Waals surface area contributed by atoms with Gasteiger partial charge in [0.25, 0.3) is 10.0 Å². The Morgan fingerprint density at radius 2 is 1.67 bits per heavy atom. The fourth-order valence-electron chi connectivity index (χ4n) is 3.57. The van der Waals surface area contributed by atoms with Crippen LogP contribution in [0.25, 0.3) is 0 Å². The summed E-state index contributed by atoms with van der Waals surface area (Å²) in [6.45, 7) is 7.53. The Hall–Kier alpha value is -3.32. The summed E-state index contributed by atoms with van der Waals surface area (Å²) in [5.74, 6) is 0.272. The highest BCUT2D eigenvalue weighted by atomic mass is 32.2.